The average molecular weight is 457 g/mol. The molecular weight excluding hydrogens is 428 g/mol. The lowest BCUT2D eigenvalue weighted by atomic mass is 10.2. The normalized spacial score (nSPS) is 14.4. The first-order valence-electron chi connectivity index (χ1n) is 11.4. The number of hydrogen-bond acceptors (Lipinski definition) is 6. The molecule has 1 fully saturated rings. The van der Waals surface area contributed by atoms with Crippen molar-refractivity contribution in [2.24, 2.45) is 0 Å². The summed E-state index contributed by atoms with van der Waals surface area (Å²) in [6.07, 6.45) is 5.63. The number of fused-ring (bicyclic) bond motifs is 1. The zero-order valence-electron chi connectivity index (χ0n) is 19.4. The van der Waals surface area contributed by atoms with Gasteiger partial charge in [0.25, 0.3) is 5.91 Å². The molecule has 0 radical (unpaired) electrons. The maximum Gasteiger partial charge on any atom is 0.255 e. The molecular formula is C26H28N6O2. The molecule has 0 unspecified atom stereocenters. The molecule has 0 spiro atoms. The number of benzene rings is 1. The van der Waals surface area contributed by atoms with E-state index in [1.165, 1.54) is 0 Å². The highest BCUT2D eigenvalue weighted by molar-refractivity contribution is 6.04. The van der Waals surface area contributed by atoms with E-state index >= 15 is 0 Å². The van der Waals surface area contributed by atoms with Crippen LogP contribution in [0.25, 0.3) is 5.65 Å². The quantitative estimate of drug-likeness (QED) is 0.478. The first-order chi connectivity index (χ1) is 16.5. The van der Waals surface area contributed by atoms with Gasteiger partial charge >= 0.3 is 0 Å². The van der Waals surface area contributed by atoms with Crippen molar-refractivity contribution in [2.75, 3.05) is 43.4 Å². The smallest absolute Gasteiger partial charge is 0.255 e. The monoisotopic (exact) mass is 456 g/mol. The number of ether oxygens (including phenoxy) is 1. The number of anilines is 2. The third-order valence-electron chi connectivity index (χ3n) is 6.04. The van der Waals surface area contributed by atoms with E-state index in [2.05, 4.69) is 32.1 Å². The zero-order chi connectivity index (χ0) is 23.5. The molecule has 3 aromatic heterocycles. The van der Waals surface area contributed by atoms with Crippen molar-refractivity contribution in [3.8, 4) is 5.75 Å². The summed E-state index contributed by atoms with van der Waals surface area (Å²) in [5.74, 6) is 1.34. The number of aryl methyl sites for hydroxylation is 1. The van der Waals surface area contributed by atoms with Crippen molar-refractivity contribution in [3.63, 3.8) is 0 Å². The number of carbonyl (C=O) groups excluding carboxylic acids is 1. The maximum absolute atomic E-state index is 12.8. The Morgan fingerprint density at radius 3 is 2.71 bits per heavy atom. The zero-order valence-corrected chi connectivity index (χ0v) is 19.4. The van der Waals surface area contributed by atoms with Gasteiger partial charge in [-0.05, 0) is 55.9 Å². The number of imidazole rings is 1. The van der Waals surface area contributed by atoms with Crippen LogP contribution in [0.2, 0.25) is 0 Å². The number of rotatable bonds is 6. The van der Waals surface area contributed by atoms with Gasteiger partial charge in [-0.15, -0.1) is 0 Å². The van der Waals surface area contributed by atoms with Crippen molar-refractivity contribution in [2.45, 2.75) is 13.5 Å². The van der Waals surface area contributed by atoms with Crippen molar-refractivity contribution in [1.29, 1.82) is 0 Å². The molecule has 0 aliphatic carbocycles. The molecule has 5 rings (SSSR count). The summed E-state index contributed by atoms with van der Waals surface area (Å²) in [5, 5.41) is 2.92. The molecule has 34 heavy (non-hydrogen) atoms. The van der Waals surface area contributed by atoms with Crippen LogP contribution in [0.1, 0.15) is 21.6 Å². The molecule has 8 nitrogen and oxygen atoms in total. The van der Waals surface area contributed by atoms with Gasteiger partial charge in [0.2, 0.25) is 0 Å². The van der Waals surface area contributed by atoms with Crippen molar-refractivity contribution in [3.05, 3.63) is 83.9 Å². The number of nitrogens with one attached hydrogen (secondary N) is 1. The third kappa shape index (κ3) is 4.87. The standard InChI is InChI=1S/C26H28N6O2/c1-19-5-4-10-32-17-22(28-25(19)32)18-34-23-7-3-6-20(15-23)26(33)29-21-8-9-24(27-16-21)31-13-11-30(2)12-14-31/h3-10,15-17H,11-14,18H2,1-2H3,(H,29,33). The van der Waals surface area contributed by atoms with Crippen LogP contribution in [0.4, 0.5) is 11.5 Å². The highest BCUT2D eigenvalue weighted by atomic mass is 16.5. The van der Waals surface area contributed by atoms with Gasteiger partial charge in [0.15, 0.2) is 0 Å². The second-order valence-electron chi connectivity index (χ2n) is 8.62. The van der Waals surface area contributed by atoms with Gasteiger partial charge in [-0.2, -0.15) is 0 Å². The Hall–Kier alpha value is -3.91. The Labute approximate surface area is 198 Å². The number of nitrogens with zero attached hydrogens (tertiary/aromatic N) is 5. The number of carbonyl (C=O) groups is 1. The van der Waals surface area contributed by atoms with E-state index in [1.807, 2.05) is 60.1 Å². The van der Waals surface area contributed by atoms with Gasteiger partial charge in [-0.3, -0.25) is 4.79 Å². The Morgan fingerprint density at radius 1 is 1.09 bits per heavy atom. The molecule has 1 saturated heterocycles. The summed E-state index contributed by atoms with van der Waals surface area (Å²) in [4.78, 5) is 26.5. The summed E-state index contributed by atoms with van der Waals surface area (Å²) < 4.78 is 7.90. The van der Waals surface area contributed by atoms with Gasteiger partial charge in [-0.1, -0.05) is 12.1 Å². The molecule has 8 heteroatoms. The molecule has 4 heterocycles. The fraction of sp³-hybridized carbons (Fsp3) is 0.269. The SMILES string of the molecule is Cc1cccn2cc(COc3cccc(C(=O)Nc4ccc(N5CCN(C)CC5)nc4)c3)nc12. The summed E-state index contributed by atoms with van der Waals surface area (Å²) in [6, 6.07) is 15.0. The van der Waals surface area contributed by atoms with E-state index in [-0.39, 0.29) is 5.91 Å². The highest BCUT2D eigenvalue weighted by Gasteiger charge is 2.15. The molecule has 1 N–H and O–H groups in total. The van der Waals surface area contributed by atoms with Gasteiger partial charge in [0.05, 0.1) is 17.6 Å². The van der Waals surface area contributed by atoms with Crippen LogP contribution in [-0.2, 0) is 6.61 Å². The number of hydrogen-bond donors (Lipinski definition) is 1. The molecule has 1 amide bonds. The predicted octanol–water partition coefficient (Wildman–Crippen LogP) is 3.62. The van der Waals surface area contributed by atoms with Crippen molar-refractivity contribution in [1.82, 2.24) is 19.3 Å². The molecule has 1 aromatic carbocycles. The van der Waals surface area contributed by atoms with Crippen LogP contribution in [0.15, 0.2) is 67.1 Å². The third-order valence-corrected chi connectivity index (χ3v) is 6.04. The van der Waals surface area contributed by atoms with E-state index in [9.17, 15) is 4.79 Å². The summed E-state index contributed by atoms with van der Waals surface area (Å²) >= 11 is 0. The van der Waals surface area contributed by atoms with Gasteiger partial charge in [-0.25, -0.2) is 9.97 Å². The average Bonchev–Trinajstić information content (AvgIpc) is 3.29. The van der Waals surface area contributed by atoms with E-state index in [0.717, 1.165) is 48.9 Å². The minimum atomic E-state index is -0.206. The van der Waals surface area contributed by atoms with Crippen LogP contribution < -0.4 is 15.0 Å². The topological polar surface area (TPSA) is 75.0 Å². The fourth-order valence-corrected chi connectivity index (χ4v) is 4.04. The molecule has 4 aromatic rings. The number of pyridine rings is 2. The van der Waals surface area contributed by atoms with Crippen molar-refractivity contribution < 1.29 is 9.53 Å². The van der Waals surface area contributed by atoms with E-state index in [1.54, 1.807) is 18.3 Å². The minimum absolute atomic E-state index is 0.206. The molecule has 174 valence electrons. The fourth-order valence-electron chi connectivity index (χ4n) is 4.04. The van der Waals surface area contributed by atoms with Gasteiger partial charge < -0.3 is 24.3 Å². The van der Waals surface area contributed by atoms with Crippen LogP contribution in [-0.4, -0.2) is 58.4 Å². The van der Waals surface area contributed by atoms with E-state index in [4.69, 9.17) is 4.74 Å². The number of amides is 1. The lowest BCUT2D eigenvalue weighted by Crippen LogP contribution is -2.44. The lowest BCUT2D eigenvalue weighted by Gasteiger charge is -2.33. The Kier molecular flexibility index (Phi) is 6.14. The summed E-state index contributed by atoms with van der Waals surface area (Å²) in [5.41, 5.74) is 4.04. The van der Waals surface area contributed by atoms with E-state index < -0.39 is 0 Å². The second kappa shape index (κ2) is 9.52. The second-order valence-corrected chi connectivity index (χ2v) is 8.62. The Balaban J connectivity index is 1.20. The minimum Gasteiger partial charge on any atom is -0.487 e. The summed E-state index contributed by atoms with van der Waals surface area (Å²) in [7, 11) is 2.13. The lowest BCUT2D eigenvalue weighted by molar-refractivity contribution is 0.102. The number of aromatic nitrogens is 3. The first-order valence-corrected chi connectivity index (χ1v) is 11.4. The Bertz CT molecular complexity index is 1290. The van der Waals surface area contributed by atoms with Crippen LogP contribution in [0.5, 0.6) is 5.75 Å². The van der Waals surface area contributed by atoms with Crippen LogP contribution >= 0.6 is 0 Å². The molecule has 0 atom stereocenters. The van der Waals surface area contributed by atoms with Crippen molar-refractivity contribution >= 4 is 23.1 Å². The first kappa shape index (κ1) is 21.9. The maximum atomic E-state index is 12.8. The largest absolute Gasteiger partial charge is 0.487 e. The Morgan fingerprint density at radius 2 is 1.94 bits per heavy atom. The van der Waals surface area contributed by atoms with Gasteiger partial charge in [0.1, 0.15) is 23.8 Å². The molecule has 1 aliphatic heterocycles. The summed E-state index contributed by atoms with van der Waals surface area (Å²) in [6.45, 7) is 6.31. The molecule has 0 saturated carbocycles. The number of likely N-dealkylation sites (N-methyl/N-ethyl adjacent to an activating group) is 1. The highest BCUT2D eigenvalue weighted by Crippen LogP contribution is 2.19. The van der Waals surface area contributed by atoms with Gasteiger partial charge in [0, 0.05) is 44.1 Å². The predicted molar refractivity (Wildman–Crippen MR) is 133 cm³/mol. The number of piperazine rings is 1. The van der Waals surface area contributed by atoms with Crippen LogP contribution in [0.3, 0.4) is 0 Å². The van der Waals surface area contributed by atoms with Crippen LogP contribution in [0, 0.1) is 6.92 Å². The molecule has 0 bridgehead atoms. The molecule has 1 aliphatic rings. The van der Waals surface area contributed by atoms with E-state index in [0.29, 0.717) is 23.6 Å².